The number of likely N-dealkylation sites (tertiary alicyclic amines) is 1. The van der Waals surface area contributed by atoms with Gasteiger partial charge in [-0.2, -0.15) is 0 Å². The summed E-state index contributed by atoms with van der Waals surface area (Å²) in [7, 11) is 0. The molecule has 0 aliphatic carbocycles. The highest BCUT2D eigenvalue weighted by Crippen LogP contribution is 2.43. The molecule has 4 aromatic rings. The Morgan fingerprint density at radius 3 is 2.36 bits per heavy atom. The fourth-order valence-corrected chi connectivity index (χ4v) is 7.08. The lowest BCUT2D eigenvalue weighted by molar-refractivity contribution is -0.161. The van der Waals surface area contributed by atoms with Gasteiger partial charge in [0.15, 0.2) is 0 Å². The monoisotopic (exact) mass is 582 g/mol. The normalized spacial score (nSPS) is 22.3. The molecule has 6 nitrogen and oxygen atoms in total. The molecule has 0 unspecified atom stereocenters. The maximum absolute atomic E-state index is 14.2. The van der Waals surface area contributed by atoms with Crippen LogP contribution in [0.2, 0.25) is 0 Å². The van der Waals surface area contributed by atoms with E-state index in [1.54, 1.807) is 0 Å². The van der Waals surface area contributed by atoms with Crippen molar-refractivity contribution < 1.29 is 9.59 Å². The van der Waals surface area contributed by atoms with E-state index in [1.165, 1.54) is 5.56 Å². The molecule has 1 N–H and O–H groups in total. The first-order chi connectivity index (χ1) is 19.1. The molecule has 0 saturated carbocycles. The van der Waals surface area contributed by atoms with Gasteiger partial charge in [0.2, 0.25) is 11.8 Å². The zero-order valence-electron chi connectivity index (χ0n) is 21.7. The van der Waals surface area contributed by atoms with E-state index < -0.39 is 6.04 Å². The van der Waals surface area contributed by atoms with Gasteiger partial charge in [-0.05, 0) is 47.7 Å². The van der Waals surface area contributed by atoms with Gasteiger partial charge in [-0.3, -0.25) is 14.5 Å². The van der Waals surface area contributed by atoms with Gasteiger partial charge in [-0.25, -0.2) is 0 Å². The molecule has 2 atom stereocenters. The first kappa shape index (κ1) is 24.6. The summed E-state index contributed by atoms with van der Waals surface area (Å²) >= 11 is 3.54. The quantitative estimate of drug-likeness (QED) is 0.356. The van der Waals surface area contributed by atoms with Gasteiger partial charge in [-0.1, -0.05) is 76.6 Å². The number of aromatic nitrogens is 1. The fraction of sp³-hybridized carbons (Fsp3) is 0.312. The smallest absolute Gasteiger partial charge is 0.246 e. The number of carbonyl (C=O) groups is 2. The Bertz CT molecular complexity index is 1530. The average Bonchev–Trinajstić information content (AvgIpc) is 3.34. The summed E-state index contributed by atoms with van der Waals surface area (Å²) in [4.78, 5) is 37.9. The number of nitrogens with one attached hydrogen (secondary N) is 1. The summed E-state index contributed by atoms with van der Waals surface area (Å²) in [6.07, 6.45) is 2.33. The molecule has 2 saturated heterocycles. The first-order valence-electron chi connectivity index (χ1n) is 13.8. The number of fused-ring (bicyclic) bond motifs is 4. The Kier molecular flexibility index (Phi) is 6.28. The number of hydrogen-bond acceptors (Lipinski definition) is 3. The van der Waals surface area contributed by atoms with Crippen LogP contribution in [0.5, 0.6) is 0 Å². The van der Waals surface area contributed by atoms with Gasteiger partial charge in [0, 0.05) is 53.2 Å². The van der Waals surface area contributed by atoms with E-state index in [2.05, 4.69) is 74.3 Å². The van der Waals surface area contributed by atoms with Gasteiger partial charge in [-0.15, -0.1) is 0 Å². The van der Waals surface area contributed by atoms with Crippen molar-refractivity contribution in [1.82, 2.24) is 19.7 Å². The number of carbonyl (C=O) groups excluding carboxylic acids is 2. The zero-order valence-corrected chi connectivity index (χ0v) is 23.3. The van der Waals surface area contributed by atoms with Crippen LogP contribution in [0.25, 0.3) is 10.9 Å². The molecule has 1 aromatic heterocycles. The van der Waals surface area contributed by atoms with Gasteiger partial charge in [0.1, 0.15) is 12.6 Å². The topological polar surface area (TPSA) is 59.7 Å². The average molecular weight is 584 g/mol. The number of hydrogen-bond donors (Lipinski definition) is 1. The van der Waals surface area contributed by atoms with Crippen LogP contribution in [0.15, 0.2) is 83.3 Å². The molecule has 2 fully saturated rings. The highest BCUT2D eigenvalue weighted by atomic mass is 79.9. The van der Waals surface area contributed by atoms with Gasteiger partial charge in [0.25, 0.3) is 0 Å². The van der Waals surface area contributed by atoms with Crippen molar-refractivity contribution in [3.63, 3.8) is 0 Å². The van der Waals surface area contributed by atoms with Crippen LogP contribution in [0.3, 0.4) is 0 Å². The highest BCUT2D eigenvalue weighted by Gasteiger charge is 2.49. The van der Waals surface area contributed by atoms with Crippen molar-refractivity contribution in [3.8, 4) is 0 Å². The second-order valence-electron chi connectivity index (χ2n) is 11.0. The minimum absolute atomic E-state index is 0.0311. The van der Waals surface area contributed by atoms with Crippen molar-refractivity contribution in [2.45, 2.75) is 43.9 Å². The van der Waals surface area contributed by atoms with Gasteiger partial charge < -0.3 is 14.8 Å². The Labute approximate surface area is 236 Å². The third kappa shape index (κ3) is 4.38. The van der Waals surface area contributed by atoms with Crippen LogP contribution in [0.1, 0.15) is 41.3 Å². The van der Waals surface area contributed by atoms with Crippen LogP contribution in [-0.4, -0.2) is 63.2 Å². The number of rotatable bonds is 4. The minimum atomic E-state index is -0.492. The summed E-state index contributed by atoms with van der Waals surface area (Å²) in [5, 5.41) is 1.14. The van der Waals surface area contributed by atoms with Crippen molar-refractivity contribution >= 4 is 38.6 Å². The third-order valence-corrected chi connectivity index (χ3v) is 9.25. The lowest BCUT2D eigenvalue weighted by atomic mass is 9.85. The number of piperidine rings is 1. The minimum Gasteiger partial charge on any atom is -0.356 e. The maximum atomic E-state index is 14.2. The molecule has 2 amide bonds. The Morgan fingerprint density at radius 1 is 0.872 bits per heavy atom. The predicted molar refractivity (Wildman–Crippen MR) is 155 cm³/mol. The summed E-state index contributed by atoms with van der Waals surface area (Å²) in [5.74, 6) is 0.123. The van der Waals surface area contributed by atoms with Crippen molar-refractivity contribution in [3.05, 3.63) is 106 Å². The van der Waals surface area contributed by atoms with Crippen LogP contribution < -0.4 is 0 Å². The Morgan fingerprint density at radius 2 is 1.59 bits per heavy atom. The molecule has 0 bridgehead atoms. The van der Waals surface area contributed by atoms with E-state index in [0.29, 0.717) is 6.42 Å². The van der Waals surface area contributed by atoms with E-state index in [0.717, 1.165) is 64.7 Å². The molecule has 3 aromatic carbocycles. The lowest BCUT2D eigenvalue weighted by Crippen LogP contribution is -2.65. The molecular weight excluding hydrogens is 552 g/mol. The highest BCUT2D eigenvalue weighted by molar-refractivity contribution is 9.10. The number of halogens is 1. The van der Waals surface area contributed by atoms with Crippen LogP contribution in [-0.2, 0) is 22.6 Å². The van der Waals surface area contributed by atoms with Crippen LogP contribution in [0, 0.1) is 0 Å². The molecule has 7 heteroatoms. The molecule has 0 radical (unpaired) electrons. The van der Waals surface area contributed by atoms with E-state index >= 15 is 0 Å². The van der Waals surface area contributed by atoms with Gasteiger partial charge >= 0.3 is 0 Å². The summed E-state index contributed by atoms with van der Waals surface area (Å²) in [6, 6.07) is 26.2. The Balaban J connectivity index is 1.18. The molecule has 7 rings (SSSR count). The van der Waals surface area contributed by atoms with Crippen molar-refractivity contribution in [2.24, 2.45) is 0 Å². The van der Waals surface area contributed by atoms with Crippen molar-refractivity contribution in [1.29, 1.82) is 0 Å². The molecule has 3 aliphatic rings. The van der Waals surface area contributed by atoms with Gasteiger partial charge in [0.05, 0.1) is 6.04 Å². The van der Waals surface area contributed by atoms with E-state index in [4.69, 9.17) is 0 Å². The number of amides is 2. The molecule has 39 heavy (non-hydrogen) atoms. The molecule has 198 valence electrons. The van der Waals surface area contributed by atoms with Crippen LogP contribution in [0.4, 0.5) is 0 Å². The third-order valence-electron chi connectivity index (χ3n) is 8.73. The maximum Gasteiger partial charge on any atom is 0.246 e. The first-order valence-corrected chi connectivity index (χ1v) is 14.6. The van der Waals surface area contributed by atoms with Crippen molar-refractivity contribution in [2.75, 3.05) is 19.6 Å². The van der Waals surface area contributed by atoms with E-state index in [1.807, 2.05) is 40.1 Å². The predicted octanol–water partition coefficient (Wildman–Crippen LogP) is 5.28. The number of aromatic amines is 1. The van der Waals surface area contributed by atoms with E-state index in [-0.39, 0.29) is 30.4 Å². The lowest BCUT2D eigenvalue weighted by Gasteiger charge is -2.49. The molecular formula is C32H31BrN4O2. The number of benzene rings is 3. The molecule has 0 spiro atoms. The second-order valence-corrected chi connectivity index (χ2v) is 11.9. The summed E-state index contributed by atoms with van der Waals surface area (Å²) in [5.41, 5.74) is 5.55. The van der Waals surface area contributed by atoms with E-state index in [9.17, 15) is 9.59 Å². The zero-order chi connectivity index (χ0) is 26.5. The number of nitrogens with zero attached hydrogens (tertiary/aromatic N) is 3. The number of para-hydroxylation sites is 1. The van der Waals surface area contributed by atoms with Crippen LogP contribution >= 0.6 is 15.9 Å². The summed E-state index contributed by atoms with van der Waals surface area (Å²) in [6.45, 7) is 2.94. The Hall–Kier alpha value is -3.42. The summed E-state index contributed by atoms with van der Waals surface area (Å²) < 4.78 is 0.987. The standard InChI is InChI=1S/C32H31BrN4O2/c33-23-12-10-22(11-13-23)31-30-26(25-8-4-5-9-27(25)34-30)18-28-32(39)36(20-29(38)37(28)31)24-14-16-35(17-15-24)19-21-6-2-1-3-7-21/h1-13,24,28,31,34H,14-20H2/t28-,31-/m1/s1. The molecule has 4 heterocycles. The second kappa shape index (κ2) is 9.96. The SMILES string of the molecule is O=C1[C@H]2Cc3c([nH]c4ccccc34)[C@@H](c3ccc(Br)cc3)N2C(=O)CN1C1CCN(Cc2ccccc2)CC1. The largest absolute Gasteiger partial charge is 0.356 e. The fourth-order valence-electron chi connectivity index (χ4n) is 6.82. The molecule has 3 aliphatic heterocycles. The number of H-pyrrole nitrogens is 1. The number of piperazine rings is 1.